The molecule has 2 aliphatic rings. The highest BCUT2D eigenvalue weighted by molar-refractivity contribution is 5.73. The van der Waals surface area contributed by atoms with Crippen LogP contribution in [0.15, 0.2) is 41.3 Å². The number of fused-ring (bicyclic) bond motifs is 1. The minimum Gasteiger partial charge on any atom is -0.494 e. The molecule has 2 saturated heterocycles. The van der Waals surface area contributed by atoms with E-state index >= 15 is 0 Å². The van der Waals surface area contributed by atoms with Crippen LogP contribution in [-0.4, -0.2) is 122 Å². The first kappa shape index (κ1) is 34.6. The third kappa shape index (κ3) is 10.7. The molecule has 1 aromatic carbocycles. The summed E-state index contributed by atoms with van der Waals surface area (Å²) in [5, 5.41) is 3.19. The number of methoxy groups -OCH3 is 1. The predicted octanol–water partition coefficient (Wildman–Crippen LogP) is 3.36. The van der Waals surface area contributed by atoms with Crippen molar-refractivity contribution in [3.8, 4) is 5.75 Å². The third-order valence-electron chi connectivity index (χ3n) is 7.34. The number of rotatable bonds is 8. The van der Waals surface area contributed by atoms with Gasteiger partial charge in [-0.15, -0.1) is 0 Å². The maximum absolute atomic E-state index is 12.2. The molecule has 12 nitrogen and oxygen atoms in total. The van der Waals surface area contributed by atoms with E-state index in [0.29, 0.717) is 28.6 Å². The number of hydrogen-bond donors (Lipinski definition) is 2. The Morgan fingerprint density at radius 2 is 1.73 bits per heavy atom. The lowest BCUT2D eigenvalue weighted by Gasteiger charge is -2.34. The van der Waals surface area contributed by atoms with Gasteiger partial charge in [-0.2, -0.15) is 4.98 Å². The zero-order valence-corrected chi connectivity index (χ0v) is 27.3. The highest BCUT2D eigenvalue weighted by Crippen LogP contribution is 2.32. The van der Waals surface area contributed by atoms with Crippen molar-refractivity contribution in [1.82, 2.24) is 34.6 Å². The number of carbonyl (C=O) groups is 1. The minimum absolute atomic E-state index is 0.0269. The molecule has 12 heteroatoms. The monoisotopic (exact) mass is 607 g/mol. The molecular weight excluding hydrogens is 558 g/mol. The van der Waals surface area contributed by atoms with Gasteiger partial charge in [0.05, 0.1) is 19.0 Å². The number of likely N-dealkylation sites (N-methyl/N-ethyl adjacent to an activating group) is 2. The number of aromatic amines is 1. The van der Waals surface area contributed by atoms with Gasteiger partial charge in [0.1, 0.15) is 23.2 Å². The van der Waals surface area contributed by atoms with Gasteiger partial charge in [0.2, 0.25) is 5.95 Å². The number of hydrogen-bond acceptors (Lipinski definition) is 11. The van der Waals surface area contributed by atoms with Gasteiger partial charge in [0.15, 0.2) is 5.65 Å². The number of aromatic nitrogens is 4. The van der Waals surface area contributed by atoms with Crippen LogP contribution in [0.3, 0.4) is 0 Å². The van der Waals surface area contributed by atoms with Crippen LogP contribution in [0.25, 0.3) is 11.2 Å². The van der Waals surface area contributed by atoms with Crippen molar-refractivity contribution < 1.29 is 9.53 Å². The van der Waals surface area contributed by atoms with Gasteiger partial charge in [-0.3, -0.25) is 9.59 Å². The highest BCUT2D eigenvalue weighted by Gasteiger charge is 2.17. The Morgan fingerprint density at radius 3 is 2.30 bits per heavy atom. The molecule has 2 aromatic heterocycles. The number of nitrogens with zero attached hydrogens (tertiary/aromatic N) is 7. The number of H-pyrrole nitrogens is 1. The second kappa shape index (κ2) is 17.4. The summed E-state index contributed by atoms with van der Waals surface area (Å²) >= 11 is 0. The lowest BCUT2D eigenvalue weighted by atomic mass is 10.1. The largest absolute Gasteiger partial charge is 0.494 e. The number of anilines is 3. The summed E-state index contributed by atoms with van der Waals surface area (Å²) in [6.07, 6.45) is 8.53. The fourth-order valence-corrected chi connectivity index (χ4v) is 4.72. The summed E-state index contributed by atoms with van der Waals surface area (Å²) in [7, 11) is 9.86. The minimum atomic E-state index is -0.226. The molecule has 3 aromatic rings. The maximum Gasteiger partial charge on any atom is 0.271 e. The van der Waals surface area contributed by atoms with E-state index in [1.165, 1.54) is 32.0 Å². The average molecular weight is 608 g/mol. The van der Waals surface area contributed by atoms with Gasteiger partial charge in [-0.25, -0.2) is 9.97 Å². The second-order valence-corrected chi connectivity index (χ2v) is 11.7. The molecule has 0 bridgehead atoms. The number of nitrogens with one attached hydrogen (secondary N) is 2. The zero-order valence-electron chi connectivity index (χ0n) is 27.3. The Morgan fingerprint density at radius 1 is 1.05 bits per heavy atom. The molecule has 0 amide bonds. The Hall–Kier alpha value is -3.87. The van der Waals surface area contributed by atoms with Crippen LogP contribution >= 0.6 is 0 Å². The molecule has 0 radical (unpaired) electrons. The molecule has 4 heterocycles. The average Bonchev–Trinajstić information content (AvgIpc) is 3.48. The molecule has 2 N–H and O–H groups in total. The standard InChI is InChI=1S/C21H27N7O2.C6H11NO.C5H11N/c1-13(2)18-20(29)25-19-16(23-18)12-22-21(26-19)24-15-6-5-14(11-17(15)30-4)28-9-7-27(3)8-10-28;1-7(2)5-3-4-6-8;1-6-4-2-3-5-6/h5-6,11-13H,7-10H2,1-4H3,(H2,22,24,25,26,29);3-4,6H,5H2,1-2H3;2-5H2,1H3/b;4-3+;. The lowest BCUT2D eigenvalue weighted by molar-refractivity contribution is -0.104. The van der Waals surface area contributed by atoms with Crippen LogP contribution in [-0.2, 0) is 4.79 Å². The van der Waals surface area contributed by atoms with Crippen LogP contribution in [0.2, 0.25) is 0 Å². The Balaban J connectivity index is 0.000000312. The van der Waals surface area contributed by atoms with E-state index in [0.717, 1.165) is 50.4 Å². The Bertz CT molecular complexity index is 1410. The van der Waals surface area contributed by atoms with Gasteiger partial charge in [-0.1, -0.05) is 19.9 Å². The molecule has 2 aliphatic heterocycles. The van der Waals surface area contributed by atoms with Crippen LogP contribution in [0.5, 0.6) is 5.75 Å². The summed E-state index contributed by atoms with van der Waals surface area (Å²) in [6.45, 7) is 11.4. The van der Waals surface area contributed by atoms with Crippen molar-refractivity contribution in [3.63, 3.8) is 0 Å². The van der Waals surface area contributed by atoms with Gasteiger partial charge in [-0.05, 0) is 72.3 Å². The number of allylic oxidation sites excluding steroid dienone is 1. The van der Waals surface area contributed by atoms with Gasteiger partial charge in [0.25, 0.3) is 5.56 Å². The lowest BCUT2D eigenvalue weighted by Crippen LogP contribution is -2.44. The number of ether oxygens (including phenoxy) is 1. The molecule has 0 atom stereocenters. The number of aldehydes is 1. The van der Waals surface area contributed by atoms with Crippen molar-refractivity contribution in [2.75, 3.05) is 91.3 Å². The third-order valence-corrected chi connectivity index (χ3v) is 7.34. The fraction of sp³-hybridized carbons (Fsp3) is 0.531. The Labute approximate surface area is 261 Å². The van der Waals surface area contributed by atoms with Crippen molar-refractivity contribution >= 4 is 34.8 Å². The first-order valence-electron chi connectivity index (χ1n) is 15.2. The molecule has 0 unspecified atom stereocenters. The van der Waals surface area contributed by atoms with Crippen molar-refractivity contribution in [2.45, 2.75) is 32.6 Å². The quantitative estimate of drug-likeness (QED) is 0.290. The van der Waals surface area contributed by atoms with Gasteiger partial charge in [0, 0.05) is 50.4 Å². The number of piperazine rings is 1. The van der Waals surface area contributed by atoms with E-state index in [-0.39, 0.29) is 11.5 Å². The molecule has 44 heavy (non-hydrogen) atoms. The normalized spacial score (nSPS) is 15.7. The van der Waals surface area contributed by atoms with Crippen LogP contribution in [0, 0.1) is 0 Å². The van der Waals surface area contributed by atoms with E-state index in [4.69, 9.17) is 4.74 Å². The fourth-order valence-electron chi connectivity index (χ4n) is 4.72. The van der Waals surface area contributed by atoms with E-state index < -0.39 is 0 Å². The van der Waals surface area contributed by atoms with E-state index in [1.807, 2.05) is 51.1 Å². The zero-order chi connectivity index (χ0) is 32.1. The molecular formula is C32H49N9O3. The first-order chi connectivity index (χ1) is 21.1. The number of carbonyl (C=O) groups excluding carboxylic acids is 1. The molecule has 0 saturated carbocycles. The SMILES string of the molecule is CN(C)C/C=C/C=O.CN1CCCC1.COc1cc(N2CCN(C)CC2)ccc1Nc1ncc2nc(C(C)C)c(=O)[nH]c2n1. The highest BCUT2D eigenvalue weighted by atomic mass is 16.5. The Kier molecular flexibility index (Phi) is 13.7. The van der Waals surface area contributed by atoms with Crippen molar-refractivity contribution in [3.05, 3.63) is 52.6 Å². The second-order valence-electron chi connectivity index (χ2n) is 11.7. The van der Waals surface area contributed by atoms with E-state index in [9.17, 15) is 9.59 Å². The van der Waals surface area contributed by atoms with Crippen LogP contribution < -0.4 is 20.5 Å². The predicted molar refractivity (Wildman–Crippen MR) is 179 cm³/mol. The molecule has 0 spiro atoms. The van der Waals surface area contributed by atoms with Gasteiger partial charge >= 0.3 is 0 Å². The van der Waals surface area contributed by atoms with Crippen molar-refractivity contribution in [1.29, 1.82) is 0 Å². The molecule has 240 valence electrons. The van der Waals surface area contributed by atoms with Crippen molar-refractivity contribution in [2.24, 2.45) is 0 Å². The number of benzene rings is 1. The summed E-state index contributed by atoms with van der Waals surface area (Å²) < 4.78 is 5.59. The summed E-state index contributed by atoms with van der Waals surface area (Å²) in [6, 6.07) is 6.05. The number of likely N-dealkylation sites (tertiary alicyclic amines) is 1. The summed E-state index contributed by atoms with van der Waals surface area (Å²) in [4.78, 5) is 46.9. The summed E-state index contributed by atoms with van der Waals surface area (Å²) in [5.41, 5.74) is 3.09. The first-order valence-corrected chi connectivity index (χ1v) is 15.2. The van der Waals surface area contributed by atoms with E-state index in [2.05, 4.69) is 60.1 Å². The molecule has 0 aliphatic carbocycles. The molecule has 2 fully saturated rings. The van der Waals surface area contributed by atoms with E-state index in [1.54, 1.807) is 13.3 Å². The molecule has 5 rings (SSSR count). The van der Waals surface area contributed by atoms with Gasteiger partial charge < -0.3 is 34.6 Å². The van der Waals surface area contributed by atoms with Crippen LogP contribution in [0.1, 0.15) is 38.3 Å². The smallest absolute Gasteiger partial charge is 0.271 e. The van der Waals surface area contributed by atoms with Crippen LogP contribution in [0.4, 0.5) is 17.3 Å². The summed E-state index contributed by atoms with van der Waals surface area (Å²) in [5.74, 6) is 1.10. The maximum atomic E-state index is 12.2. The topological polar surface area (TPSA) is 123 Å².